The van der Waals surface area contributed by atoms with Gasteiger partial charge in [0.05, 0.1) is 0 Å². The molecule has 0 unspecified atom stereocenters. The molecular weight excluding hydrogens is 276 g/mol. The first kappa shape index (κ1) is 16.8. The van der Waals surface area contributed by atoms with Crippen LogP contribution in [0.1, 0.15) is 45.7 Å². The molecule has 4 nitrogen and oxygen atoms in total. The quantitative estimate of drug-likeness (QED) is 0.848. The molecule has 1 atom stereocenters. The van der Waals surface area contributed by atoms with E-state index >= 15 is 0 Å². The van der Waals surface area contributed by atoms with Gasteiger partial charge in [0.25, 0.3) is 5.91 Å². The fraction of sp³-hybridized carbons (Fsp3) is 0.533. The minimum Gasteiger partial charge on any atom is -0.483 e. The maximum atomic E-state index is 11.8. The second-order valence-electron chi connectivity index (χ2n) is 5.55. The van der Waals surface area contributed by atoms with Gasteiger partial charge in [0.2, 0.25) is 0 Å². The van der Waals surface area contributed by atoms with Crippen LogP contribution in [0.4, 0.5) is 0 Å². The Morgan fingerprint density at radius 2 is 2.15 bits per heavy atom. The first-order valence-electron chi connectivity index (χ1n) is 6.74. The van der Waals surface area contributed by atoms with Crippen molar-refractivity contribution < 1.29 is 9.53 Å². The topological polar surface area (TPSA) is 64.3 Å². The lowest BCUT2D eigenvalue weighted by Crippen LogP contribution is -2.44. The molecule has 3 N–H and O–H groups in total. The van der Waals surface area contributed by atoms with Crippen molar-refractivity contribution in [3.05, 3.63) is 28.8 Å². The average molecular weight is 299 g/mol. The van der Waals surface area contributed by atoms with E-state index in [-0.39, 0.29) is 24.1 Å². The summed E-state index contributed by atoms with van der Waals surface area (Å²) in [4.78, 5) is 11.8. The number of carbonyl (C=O) groups excluding carboxylic acids is 1. The van der Waals surface area contributed by atoms with Gasteiger partial charge in [-0.3, -0.25) is 4.79 Å². The summed E-state index contributed by atoms with van der Waals surface area (Å²) in [5, 5.41) is 3.51. The van der Waals surface area contributed by atoms with Crippen molar-refractivity contribution in [3.8, 4) is 5.75 Å². The predicted molar refractivity (Wildman–Crippen MR) is 82.1 cm³/mol. The third kappa shape index (κ3) is 5.02. The van der Waals surface area contributed by atoms with Crippen molar-refractivity contribution in [2.45, 2.75) is 45.7 Å². The third-order valence-electron chi connectivity index (χ3n) is 3.18. The Labute approximate surface area is 125 Å². The minimum absolute atomic E-state index is 0.0369. The Morgan fingerprint density at radius 1 is 1.50 bits per heavy atom. The van der Waals surface area contributed by atoms with Gasteiger partial charge in [0, 0.05) is 22.2 Å². The molecule has 20 heavy (non-hydrogen) atoms. The number of ether oxygens (including phenoxy) is 1. The van der Waals surface area contributed by atoms with Gasteiger partial charge in [-0.2, -0.15) is 0 Å². The van der Waals surface area contributed by atoms with Crippen LogP contribution in [0.15, 0.2) is 18.2 Å². The van der Waals surface area contributed by atoms with Gasteiger partial charge in [0.1, 0.15) is 5.75 Å². The van der Waals surface area contributed by atoms with Gasteiger partial charge in [-0.1, -0.05) is 18.5 Å². The standard InChI is InChI=1S/C15H23ClN2O2/c1-5-15(3,4)18-14(19)9-20-13-7-6-11(16)8-12(13)10(2)17/h6-8,10H,5,9,17H2,1-4H3,(H,18,19)/t10-/m0/s1. The van der Waals surface area contributed by atoms with Crippen LogP contribution >= 0.6 is 11.6 Å². The van der Waals surface area contributed by atoms with Crippen molar-refractivity contribution >= 4 is 17.5 Å². The average Bonchev–Trinajstić information content (AvgIpc) is 2.36. The van der Waals surface area contributed by atoms with Gasteiger partial charge in [0.15, 0.2) is 6.61 Å². The summed E-state index contributed by atoms with van der Waals surface area (Å²) < 4.78 is 5.55. The molecule has 1 aromatic carbocycles. The highest BCUT2D eigenvalue weighted by atomic mass is 35.5. The Morgan fingerprint density at radius 3 is 2.70 bits per heavy atom. The van der Waals surface area contributed by atoms with E-state index in [0.29, 0.717) is 10.8 Å². The molecule has 0 aliphatic rings. The number of nitrogens with one attached hydrogen (secondary N) is 1. The zero-order valence-electron chi connectivity index (χ0n) is 12.5. The molecule has 1 amide bonds. The Balaban J connectivity index is 2.68. The van der Waals surface area contributed by atoms with Crippen LogP contribution in [0, 0.1) is 0 Å². The maximum Gasteiger partial charge on any atom is 0.258 e. The van der Waals surface area contributed by atoms with E-state index in [1.165, 1.54) is 0 Å². The molecule has 0 bridgehead atoms. The molecule has 0 heterocycles. The fourth-order valence-electron chi connectivity index (χ4n) is 1.65. The van der Waals surface area contributed by atoms with Gasteiger partial charge >= 0.3 is 0 Å². The zero-order chi connectivity index (χ0) is 15.3. The molecule has 0 aromatic heterocycles. The van der Waals surface area contributed by atoms with Crippen LogP contribution in [0.3, 0.4) is 0 Å². The summed E-state index contributed by atoms with van der Waals surface area (Å²) in [7, 11) is 0. The minimum atomic E-state index is -0.232. The summed E-state index contributed by atoms with van der Waals surface area (Å²) in [6, 6.07) is 5.00. The number of rotatable bonds is 6. The molecule has 112 valence electrons. The molecule has 0 fully saturated rings. The molecule has 0 radical (unpaired) electrons. The second-order valence-corrected chi connectivity index (χ2v) is 5.98. The predicted octanol–water partition coefficient (Wildman–Crippen LogP) is 3.04. The summed E-state index contributed by atoms with van der Waals surface area (Å²) in [6.07, 6.45) is 0.852. The highest BCUT2D eigenvalue weighted by Crippen LogP contribution is 2.27. The Kier molecular flexibility index (Phi) is 5.84. The third-order valence-corrected chi connectivity index (χ3v) is 3.42. The molecule has 0 saturated heterocycles. The summed E-state index contributed by atoms with van der Waals surface area (Å²) in [5.41, 5.74) is 6.43. The second kappa shape index (κ2) is 6.95. The number of hydrogen-bond donors (Lipinski definition) is 2. The highest BCUT2D eigenvalue weighted by Gasteiger charge is 2.18. The van der Waals surface area contributed by atoms with Crippen LogP contribution in [0.2, 0.25) is 5.02 Å². The van der Waals surface area contributed by atoms with Crippen molar-refractivity contribution in [3.63, 3.8) is 0 Å². The summed E-state index contributed by atoms with van der Waals surface area (Å²) in [5.74, 6) is 0.441. The number of nitrogens with two attached hydrogens (primary N) is 1. The van der Waals surface area contributed by atoms with Crippen LogP contribution in [-0.4, -0.2) is 18.1 Å². The van der Waals surface area contributed by atoms with E-state index in [1.54, 1.807) is 18.2 Å². The number of carbonyl (C=O) groups is 1. The lowest BCUT2D eigenvalue weighted by Gasteiger charge is -2.24. The highest BCUT2D eigenvalue weighted by molar-refractivity contribution is 6.30. The van der Waals surface area contributed by atoms with E-state index in [0.717, 1.165) is 12.0 Å². The van der Waals surface area contributed by atoms with Crippen LogP contribution in [0.5, 0.6) is 5.75 Å². The molecule has 1 aromatic rings. The number of amides is 1. The van der Waals surface area contributed by atoms with Crippen molar-refractivity contribution in [2.24, 2.45) is 5.73 Å². The van der Waals surface area contributed by atoms with Gasteiger partial charge in [-0.15, -0.1) is 0 Å². The largest absolute Gasteiger partial charge is 0.483 e. The van der Waals surface area contributed by atoms with Crippen molar-refractivity contribution in [1.82, 2.24) is 5.32 Å². The molecular formula is C15H23ClN2O2. The molecule has 1 rings (SSSR count). The summed E-state index contributed by atoms with van der Waals surface area (Å²) >= 11 is 5.94. The normalized spacial score (nSPS) is 12.9. The zero-order valence-corrected chi connectivity index (χ0v) is 13.3. The van der Waals surface area contributed by atoms with E-state index in [4.69, 9.17) is 22.1 Å². The molecule has 0 spiro atoms. The number of halogens is 1. The van der Waals surface area contributed by atoms with Crippen molar-refractivity contribution in [2.75, 3.05) is 6.61 Å². The molecule has 0 aliphatic heterocycles. The van der Waals surface area contributed by atoms with Crippen molar-refractivity contribution in [1.29, 1.82) is 0 Å². The molecule has 0 saturated carbocycles. The van der Waals surface area contributed by atoms with Crippen LogP contribution < -0.4 is 15.8 Å². The van der Waals surface area contributed by atoms with E-state index < -0.39 is 0 Å². The Hall–Kier alpha value is -1.26. The fourth-order valence-corrected chi connectivity index (χ4v) is 1.83. The number of benzene rings is 1. The maximum absolute atomic E-state index is 11.8. The Bertz CT molecular complexity index is 473. The first-order chi connectivity index (χ1) is 9.25. The van der Waals surface area contributed by atoms with E-state index in [9.17, 15) is 4.79 Å². The van der Waals surface area contributed by atoms with E-state index in [1.807, 2.05) is 27.7 Å². The number of hydrogen-bond acceptors (Lipinski definition) is 3. The van der Waals surface area contributed by atoms with Gasteiger partial charge in [-0.25, -0.2) is 0 Å². The van der Waals surface area contributed by atoms with E-state index in [2.05, 4.69) is 5.32 Å². The molecule has 5 heteroatoms. The lowest BCUT2D eigenvalue weighted by molar-refractivity contribution is -0.124. The van der Waals surface area contributed by atoms with Crippen LogP contribution in [-0.2, 0) is 4.79 Å². The first-order valence-corrected chi connectivity index (χ1v) is 7.12. The van der Waals surface area contributed by atoms with Gasteiger partial charge in [-0.05, 0) is 45.4 Å². The van der Waals surface area contributed by atoms with Gasteiger partial charge < -0.3 is 15.8 Å². The summed E-state index contributed by atoms with van der Waals surface area (Å²) in [6.45, 7) is 7.78. The molecule has 0 aliphatic carbocycles. The van der Waals surface area contributed by atoms with Crippen LogP contribution in [0.25, 0.3) is 0 Å². The lowest BCUT2D eigenvalue weighted by atomic mass is 10.0. The smallest absolute Gasteiger partial charge is 0.258 e. The monoisotopic (exact) mass is 298 g/mol. The SMILES string of the molecule is CCC(C)(C)NC(=O)COc1ccc(Cl)cc1[C@H](C)N.